The minimum atomic E-state index is -0.242. The molecular formula is C17H16N4O2S. The number of nitrogens with one attached hydrogen (secondary N) is 1. The van der Waals surface area contributed by atoms with Crippen molar-refractivity contribution in [2.75, 3.05) is 17.7 Å². The van der Waals surface area contributed by atoms with E-state index in [4.69, 9.17) is 4.74 Å². The van der Waals surface area contributed by atoms with Crippen LogP contribution in [0.5, 0.6) is 5.75 Å². The van der Waals surface area contributed by atoms with E-state index in [9.17, 15) is 4.79 Å². The van der Waals surface area contributed by atoms with Gasteiger partial charge in [-0.1, -0.05) is 42.1 Å². The molecule has 0 spiro atoms. The lowest BCUT2D eigenvalue weighted by atomic mass is 10.1. The number of hydrogen-bond donors (Lipinski definition) is 1. The predicted octanol–water partition coefficient (Wildman–Crippen LogP) is 2.94. The largest absolute Gasteiger partial charge is 0.484 e. The second-order valence-electron chi connectivity index (χ2n) is 5.51. The number of rotatable bonds is 4. The molecule has 0 bridgehead atoms. The van der Waals surface area contributed by atoms with Gasteiger partial charge >= 0.3 is 0 Å². The van der Waals surface area contributed by atoms with Crippen molar-refractivity contribution in [1.29, 1.82) is 0 Å². The summed E-state index contributed by atoms with van der Waals surface area (Å²) in [5.74, 6) is 1.96. The molecule has 0 radical (unpaired) electrons. The summed E-state index contributed by atoms with van der Waals surface area (Å²) in [7, 11) is 0. The van der Waals surface area contributed by atoms with Crippen LogP contribution in [0, 0.1) is 0 Å². The Hall–Kier alpha value is -2.54. The number of aromatic nitrogens is 3. The van der Waals surface area contributed by atoms with E-state index >= 15 is 0 Å². The van der Waals surface area contributed by atoms with Gasteiger partial charge in [-0.05, 0) is 29.3 Å². The molecule has 0 atom stereocenters. The van der Waals surface area contributed by atoms with Gasteiger partial charge in [0, 0.05) is 12.3 Å². The molecule has 0 saturated heterocycles. The smallest absolute Gasteiger partial charge is 0.264 e. The fourth-order valence-electron chi connectivity index (χ4n) is 2.64. The van der Waals surface area contributed by atoms with Crippen LogP contribution < -0.4 is 10.1 Å². The molecule has 0 saturated carbocycles. The highest BCUT2D eigenvalue weighted by molar-refractivity contribution is 7.99. The fourth-order valence-corrected chi connectivity index (χ4v) is 3.53. The maximum atomic E-state index is 12.1. The van der Waals surface area contributed by atoms with E-state index in [0.717, 1.165) is 34.6 Å². The molecule has 1 aliphatic heterocycles. The summed E-state index contributed by atoms with van der Waals surface area (Å²) < 4.78 is 7.53. The molecule has 0 aliphatic carbocycles. The highest BCUT2D eigenvalue weighted by Crippen LogP contribution is 2.25. The Kier molecular flexibility index (Phi) is 4.08. The number of anilines is 1. The summed E-state index contributed by atoms with van der Waals surface area (Å²) in [5.41, 5.74) is 0. The van der Waals surface area contributed by atoms with Crippen LogP contribution in [0.4, 0.5) is 5.95 Å². The average Bonchev–Trinajstić information content (AvgIpc) is 3.03. The highest BCUT2D eigenvalue weighted by Gasteiger charge is 2.18. The zero-order chi connectivity index (χ0) is 16.4. The van der Waals surface area contributed by atoms with Gasteiger partial charge in [0.15, 0.2) is 11.8 Å². The monoisotopic (exact) mass is 340 g/mol. The van der Waals surface area contributed by atoms with E-state index in [1.165, 1.54) is 0 Å². The number of hydrogen-bond acceptors (Lipinski definition) is 5. The van der Waals surface area contributed by atoms with Crippen molar-refractivity contribution < 1.29 is 9.53 Å². The number of benzene rings is 2. The summed E-state index contributed by atoms with van der Waals surface area (Å²) in [6.07, 6.45) is 1.05. The van der Waals surface area contributed by atoms with E-state index in [1.807, 2.05) is 47.0 Å². The molecule has 1 aromatic heterocycles. The fraction of sp³-hybridized carbons (Fsp3) is 0.235. The van der Waals surface area contributed by atoms with Crippen LogP contribution in [0.1, 0.15) is 6.42 Å². The van der Waals surface area contributed by atoms with Gasteiger partial charge in [-0.2, -0.15) is 0 Å². The van der Waals surface area contributed by atoms with Gasteiger partial charge in [0.05, 0.1) is 0 Å². The Labute approximate surface area is 143 Å². The molecule has 0 fully saturated rings. The van der Waals surface area contributed by atoms with Crippen molar-refractivity contribution in [1.82, 2.24) is 14.8 Å². The first-order chi connectivity index (χ1) is 11.8. The molecule has 7 heteroatoms. The number of ether oxygens (including phenoxy) is 1. The summed E-state index contributed by atoms with van der Waals surface area (Å²) in [6, 6.07) is 13.8. The van der Waals surface area contributed by atoms with Crippen molar-refractivity contribution in [3.63, 3.8) is 0 Å². The summed E-state index contributed by atoms with van der Waals surface area (Å²) in [6.45, 7) is 0.768. The summed E-state index contributed by atoms with van der Waals surface area (Å²) >= 11 is 1.65. The van der Waals surface area contributed by atoms with Gasteiger partial charge in [-0.3, -0.25) is 14.7 Å². The first-order valence-electron chi connectivity index (χ1n) is 7.77. The quantitative estimate of drug-likeness (QED) is 0.791. The molecule has 122 valence electrons. The Bertz CT molecular complexity index is 893. The average molecular weight is 340 g/mol. The number of carbonyl (C=O) groups is 1. The lowest BCUT2D eigenvalue weighted by Crippen LogP contribution is -2.23. The van der Waals surface area contributed by atoms with Crippen LogP contribution in [0.2, 0.25) is 0 Å². The Morgan fingerprint density at radius 3 is 3.00 bits per heavy atom. The lowest BCUT2D eigenvalue weighted by molar-refractivity contribution is -0.118. The Balaban J connectivity index is 1.40. The van der Waals surface area contributed by atoms with Crippen LogP contribution in [0.15, 0.2) is 47.6 Å². The van der Waals surface area contributed by atoms with E-state index in [2.05, 4.69) is 15.5 Å². The van der Waals surface area contributed by atoms with Crippen LogP contribution in [0.25, 0.3) is 10.8 Å². The number of nitrogens with zero attached hydrogens (tertiary/aromatic N) is 3. The number of fused-ring (bicyclic) bond motifs is 2. The Morgan fingerprint density at radius 1 is 1.21 bits per heavy atom. The Morgan fingerprint density at radius 2 is 2.08 bits per heavy atom. The molecule has 1 aliphatic rings. The van der Waals surface area contributed by atoms with E-state index in [1.54, 1.807) is 11.8 Å². The van der Waals surface area contributed by atoms with Gasteiger partial charge in [0.2, 0.25) is 5.95 Å². The van der Waals surface area contributed by atoms with Crippen LogP contribution in [-0.2, 0) is 11.3 Å². The van der Waals surface area contributed by atoms with Crippen molar-refractivity contribution in [2.45, 2.75) is 18.1 Å². The highest BCUT2D eigenvalue weighted by atomic mass is 32.2. The zero-order valence-corrected chi connectivity index (χ0v) is 13.8. The first kappa shape index (κ1) is 15.0. The number of amides is 1. The third-order valence-electron chi connectivity index (χ3n) is 3.82. The molecule has 2 heterocycles. The van der Waals surface area contributed by atoms with Crippen LogP contribution >= 0.6 is 11.8 Å². The first-order valence-corrected chi connectivity index (χ1v) is 8.75. The van der Waals surface area contributed by atoms with Gasteiger partial charge in [-0.25, -0.2) is 0 Å². The number of carbonyl (C=O) groups excluding carboxylic acids is 1. The summed E-state index contributed by atoms with van der Waals surface area (Å²) in [4.78, 5) is 12.1. The minimum absolute atomic E-state index is 0.0618. The normalized spacial score (nSPS) is 13.5. The molecule has 24 heavy (non-hydrogen) atoms. The standard InChI is InChI=1S/C17H16N4O2S/c22-15(18-16-19-20-17-21(16)8-3-9-24-17)11-23-14-7-6-12-4-1-2-5-13(12)10-14/h1-2,4-7,10H,3,8-9,11H2,(H,18,19,22). The maximum Gasteiger partial charge on any atom is 0.264 e. The molecule has 3 aromatic rings. The topological polar surface area (TPSA) is 69.0 Å². The SMILES string of the molecule is O=C(COc1ccc2ccccc2c1)Nc1nnc2n1CCCS2. The third kappa shape index (κ3) is 3.07. The van der Waals surface area contributed by atoms with Crippen LogP contribution in [0.3, 0.4) is 0 Å². The van der Waals surface area contributed by atoms with Crippen LogP contribution in [-0.4, -0.2) is 33.0 Å². The second-order valence-corrected chi connectivity index (χ2v) is 6.57. The molecule has 4 rings (SSSR count). The molecule has 1 N–H and O–H groups in total. The van der Waals surface area contributed by atoms with E-state index in [-0.39, 0.29) is 12.5 Å². The van der Waals surface area contributed by atoms with Crippen molar-refractivity contribution in [2.24, 2.45) is 0 Å². The molecule has 6 nitrogen and oxygen atoms in total. The van der Waals surface area contributed by atoms with Crippen molar-refractivity contribution in [3.05, 3.63) is 42.5 Å². The maximum absolute atomic E-state index is 12.1. The van der Waals surface area contributed by atoms with Crippen molar-refractivity contribution >= 4 is 34.4 Å². The van der Waals surface area contributed by atoms with Gasteiger partial charge < -0.3 is 4.74 Å². The molecule has 2 aromatic carbocycles. The molecule has 1 amide bonds. The predicted molar refractivity (Wildman–Crippen MR) is 93.4 cm³/mol. The van der Waals surface area contributed by atoms with E-state index in [0.29, 0.717) is 11.7 Å². The molecule has 0 unspecified atom stereocenters. The second kappa shape index (κ2) is 6.52. The van der Waals surface area contributed by atoms with Gasteiger partial charge in [-0.15, -0.1) is 10.2 Å². The van der Waals surface area contributed by atoms with E-state index < -0.39 is 0 Å². The van der Waals surface area contributed by atoms with Gasteiger partial charge in [0.25, 0.3) is 5.91 Å². The zero-order valence-electron chi connectivity index (χ0n) is 12.9. The minimum Gasteiger partial charge on any atom is -0.484 e. The number of thioether (sulfide) groups is 1. The van der Waals surface area contributed by atoms with Crippen molar-refractivity contribution in [3.8, 4) is 5.75 Å². The third-order valence-corrected chi connectivity index (χ3v) is 4.87. The lowest BCUT2D eigenvalue weighted by Gasteiger charge is -2.14. The van der Waals surface area contributed by atoms with Gasteiger partial charge in [0.1, 0.15) is 5.75 Å². The molecular weight excluding hydrogens is 324 g/mol. The summed E-state index contributed by atoms with van der Waals surface area (Å²) in [5, 5.41) is 14.0.